The van der Waals surface area contributed by atoms with E-state index in [4.69, 9.17) is 22.1 Å². The highest BCUT2D eigenvalue weighted by Crippen LogP contribution is 2.25. The van der Waals surface area contributed by atoms with Gasteiger partial charge in [-0.3, -0.25) is 9.59 Å². The number of ether oxygens (including phenoxy) is 1. The van der Waals surface area contributed by atoms with Gasteiger partial charge >= 0.3 is 5.97 Å². The third-order valence-corrected chi connectivity index (χ3v) is 4.63. The average molecular weight is 383 g/mol. The Kier molecular flexibility index (Phi) is 6.47. The molecule has 2 rings (SSSR count). The lowest BCUT2D eigenvalue weighted by atomic mass is 9.96. The fraction of sp³-hybridized carbons (Fsp3) is 0.500. The zero-order chi connectivity index (χ0) is 19.4. The summed E-state index contributed by atoms with van der Waals surface area (Å²) in [4.78, 5) is 38.2. The van der Waals surface area contributed by atoms with Gasteiger partial charge in [0.1, 0.15) is 11.3 Å². The maximum Gasteiger partial charge on any atom is 0.342 e. The second-order valence-corrected chi connectivity index (χ2v) is 7.19. The molecule has 2 atom stereocenters. The standard InChI is InChI=1S/C18H23ClN2O5/c1-10(2)15(17(24)21-7-3-4-11(9-21)16(20)23)26-18(25)13-8-12(19)5-6-14(13)22/h5-6,8,10-11,15,22H,3-4,7,9H2,1-2H3,(H2,20,23)/t11-,15-/m0/s1. The van der Waals surface area contributed by atoms with Gasteiger partial charge in [0, 0.05) is 18.1 Å². The molecule has 26 heavy (non-hydrogen) atoms. The van der Waals surface area contributed by atoms with Gasteiger partial charge in [0.2, 0.25) is 5.91 Å². The smallest absolute Gasteiger partial charge is 0.342 e. The molecule has 1 saturated heterocycles. The van der Waals surface area contributed by atoms with Crippen molar-refractivity contribution < 1.29 is 24.2 Å². The summed E-state index contributed by atoms with van der Waals surface area (Å²) in [5.41, 5.74) is 5.24. The summed E-state index contributed by atoms with van der Waals surface area (Å²) in [5, 5.41) is 10.1. The number of hydrogen-bond donors (Lipinski definition) is 2. The Bertz CT molecular complexity index is 707. The third-order valence-electron chi connectivity index (χ3n) is 4.40. The largest absolute Gasteiger partial charge is 0.507 e. The van der Waals surface area contributed by atoms with Crippen molar-refractivity contribution in [2.24, 2.45) is 17.6 Å². The van der Waals surface area contributed by atoms with Gasteiger partial charge in [0.15, 0.2) is 6.10 Å². The van der Waals surface area contributed by atoms with Gasteiger partial charge in [0.25, 0.3) is 5.91 Å². The van der Waals surface area contributed by atoms with E-state index >= 15 is 0 Å². The van der Waals surface area contributed by atoms with Crippen molar-refractivity contribution in [2.45, 2.75) is 32.8 Å². The molecule has 2 amide bonds. The van der Waals surface area contributed by atoms with Gasteiger partial charge in [-0.25, -0.2) is 4.79 Å². The molecule has 1 heterocycles. The zero-order valence-corrected chi connectivity index (χ0v) is 15.5. The van der Waals surface area contributed by atoms with Crippen molar-refractivity contribution >= 4 is 29.4 Å². The highest BCUT2D eigenvalue weighted by Gasteiger charge is 2.35. The zero-order valence-electron chi connectivity index (χ0n) is 14.8. The molecule has 0 aliphatic carbocycles. The van der Waals surface area contributed by atoms with Crippen LogP contribution in [0.5, 0.6) is 5.75 Å². The van der Waals surface area contributed by atoms with Crippen LogP contribution >= 0.6 is 11.6 Å². The molecule has 8 heteroatoms. The Labute approximate surface area is 157 Å². The van der Waals surface area contributed by atoms with E-state index in [1.165, 1.54) is 23.1 Å². The van der Waals surface area contributed by atoms with Crippen molar-refractivity contribution in [1.82, 2.24) is 4.90 Å². The Morgan fingerprint density at radius 3 is 2.65 bits per heavy atom. The first kappa shape index (κ1) is 20.0. The number of nitrogens with zero attached hydrogens (tertiary/aromatic N) is 1. The number of rotatable bonds is 5. The van der Waals surface area contributed by atoms with E-state index < -0.39 is 23.9 Å². The number of hydrogen-bond acceptors (Lipinski definition) is 5. The van der Waals surface area contributed by atoms with Crippen molar-refractivity contribution in [3.63, 3.8) is 0 Å². The van der Waals surface area contributed by atoms with Crippen LogP contribution in [0.2, 0.25) is 5.02 Å². The topological polar surface area (TPSA) is 110 Å². The first-order valence-corrected chi connectivity index (χ1v) is 8.86. The summed E-state index contributed by atoms with van der Waals surface area (Å²) in [5.74, 6) is -2.61. The molecule has 0 radical (unpaired) electrons. The minimum Gasteiger partial charge on any atom is -0.507 e. The number of likely N-dealkylation sites (tertiary alicyclic amines) is 1. The molecule has 1 aromatic rings. The molecule has 3 N–H and O–H groups in total. The number of phenolic OH excluding ortho intramolecular Hbond substituents is 1. The second-order valence-electron chi connectivity index (χ2n) is 6.76. The Morgan fingerprint density at radius 1 is 1.35 bits per heavy atom. The van der Waals surface area contributed by atoms with Crippen LogP contribution in [-0.2, 0) is 14.3 Å². The van der Waals surface area contributed by atoms with Gasteiger partial charge in [-0.15, -0.1) is 0 Å². The normalized spacial score (nSPS) is 18.5. The lowest BCUT2D eigenvalue weighted by Gasteiger charge is -2.34. The number of halogens is 1. The third kappa shape index (κ3) is 4.66. The number of amides is 2. The van der Waals surface area contributed by atoms with Crippen LogP contribution in [0.25, 0.3) is 0 Å². The minimum atomic E-state index is -1.03. The van der Waals surface area contributed by atoms with E-state index in [0.29, 0.717) is 19.4 Å². The van der Waals surface area contributed by atoms with Crippen LogP contribution in [0, 0.1) is 11.8 Å². The molecular weight excluding hydrogens is 360 g/mol. The first-order valence-electron chi connectivity index (χ1n) is 8.48. The van der Waals surface area contributed by atoms with E-state index in [0.717, 1.165) is 0 Å². The van der Waals surface area contributed by atoms with Gasteiger partial charge in [-0.2, -0.15) is 0 Å². The maximum absolute atomic E-state index is 12.8. The van der Waals surface area contributed by atoms with Crippen molar-refractivity contribution in [2.75, 3.05) is 13.1 Å². The molecule has 0 unspecified atom stereocenters. The van der Waals surface area contributed by atoms with Gasteiger partial charge in [-0.05, 0) is 37.0 Å². The van der Waals surface area contributed by atoms with E-state index in [-0.39, 0.29) is 34.7 Å². The van der Waals surface area contributed by atoms with Crippen LogP contribution < -0.4 is 5.73 Å². The van der Waals surface area contributed by atoms with Crippen LogP contribution in [-0.4, -0.2) is 47.0 Å². The van der Waals surface area contributed by atoms with Crippen molar-refractivity contribution in [3.8, 4) is 5.75 Å². The molecule has 1 aliphatic heterocycles. The number of nitrogens with two attached hydrogens (primary N) is 1. The van der Waals surface area contributed by atoms with E-state index in [9.17, 15) is 19.5 Å². The van der Waals surface area contributed by atoms with Gasteiger partial charge in [0.05, 0.1) is 5.92 Å². The predicted octanol–water partition coefficient (Wildman–Crippen LogP) is 1.95. The quantitative estimate of drug-likeness (QED) is 0.756. The lowest BCUT2D eigenvalue weighted by molar-refractivity contribution is -0.145. The fourth-order valence-electron chi connectivity index (χ4n) is 2.91. The van der Waals surface area contributed by atoms with Crippen molar-refractivity contribution in [3.05, 3.63) is 28.8 Å². The molecule has 0 saturated carbocycles. The minimum absolute atomic E-state index is 0.107. The van der Waals surface area contributed by atoms with Gasteiger partial charge in [-0.1, -0.05) is 25.4 Å². The number of esters is 1. The van der Waals surface area contributed by atoms with Gasteiger partial charge < -0.3 is 20.5 Å². The highest BCUT2D eigenvalue weighted by molar-refractivity contribution is 6.31. The summed E-state index contributed by atoms with van der Waals surface area (Å²) in [7, 11) is 0. The van der Waals surface area contributed by atoms with Crippen LogP contribution in [0.1, 0.15) is 37.0 Å². The summed E-state index contributed by atoms with van der Waals surface area (Å²) < 4.78 is 5.38. The summed E-state index contributed by atoms with van der Waals surface area (Å²) in [6.07, 6.45) is 0.266. The van der Waals surface area contributed by atoms with Crippen LogP contribution in [0.4, 0.5) is 0 Å². The summed E-state index contributed by atoms with van der Waals surface area (Å²) in [6, 6.07) is 4.01. The maximum atomic E-state index is 12.8. The summed E-state index contributed by atoms with van der Waals surface area (Å²) >= 11 is 5.85. The molecule has 7 nitrogen and oxygen atoms in total. The molecule has 1 fully saturated rings. The molecular formula is C18H23ClN2O5. The van der Waals surface area contributed by atoms with E-state index in [1.807, 2.05) is 0 Å². The molecule has 142 valence electrons. The number of carbonyl (C=O) groups excluding carboxylic acids is 3. The number of primary amides is 1. The predicted molar refractivity (Wildman–Crippen MR) is 95.7 cm³/mol. The molecule has 0 aromatic heterocycles. The number of piperidine rings is 1. The van der Waals surface area contributed by atoms with Crippen LogP contribution in [0.3, 0.4) is 0 Å². The monoisotopic (exact) mass is 382 g/mol. The van der Waals surface area contributed by atoms with E-state index in [1.54, 1.807) is 13.8 Å². The van der Waals surface area contributed by atoms with Crippen LogP contribution in [0.15, 0.2) is 18.2 Å². The van der Waals surface area contributed by atoms with E-state index in [2.05, 4.69) is 0 Å². The lowest BCUT2D eigenvalue weighted by Crippen LogP contribution is -2.50. The number of carbonyl (C=O) groups is 3. The Balaban J connectivity index is 2.15. The molecule has 0 spiro atoms. The SMILES string of the molecule is CC(C)[C@H](OC(=O)c1cc(Cl)ccc1O)C(=O)N1CCC[C@H](C(N)=O)C1. The first-order chi connectivity index (χ1) is 12.2. The fourth-order valence-corrected chi connectivity index (χ4v) is 3.08. The number of benzene rings is 1. The second kappa shape index (κ2) is 8.40. The molecule has 0 bridgehead atoms. The number of aromatic hydroxyl groups is 1. The Morgan fingerprint density at radius 2 is 2.04 bits per heavy atom. The molecule has 1 aromatic carbocycles. The number of phenols is 1. The highest BCUT2D eigenvalue weighted by atomic mass is 35.5. The molecule has 1 aliphatic rings. The summed E-state index contributed by atoms with van der Waals surface area (Å²) in [6.45, 7) is 4.20. The Hall–Kier alpha value is -2.28. The average Bonchev–Trinajstić information content (AvgIpc) is 2.60. The van der Waals surface area contributed by atoms with Crippen molar-refractivity contribution in [1.29, 1.82) is 0 Å².